The van der Waals surface area contributed by atoms with E-state index >= 15 is 0 Å². The summed E-state index contributed by atoms with van der Waals surface area (Å²) in [7, 11) is 8.85. The maximum atomic E-state index is 11.8. The van der Waals surface area contributed by atoms with E-state index in [1.807, 2.05) is 51.4 Å². The number of carbonyl (C=O) groups excluding carboxylic acids is 1. The molecule has 6 nitrogen and oxygen atoms in total. The Hall–Kier alpha value is -1.92. The van der Waals surface area contributed by atoms with Crippen molar-refractivity contribution in [2.45, 2.75) is 6.54 Å². The van der Waals surface area contributed by atoms with E-state index in [1.54, 1.807) is 11.2 Å². The maximum absolute atomic E-state index is 11.8. The van der Waals surface area contributed by atoms with Gasteiger partial charge in [-0.05, 0) is 11.6 Å². The molecule has 0 saturated carbocycles. The zero-order valence-electron chi connectivity index (χ0n) is 12.7. The zero-order valence-corrected chi connectivity index (χ0v) is 12.7. The molecule has 1 aromatic carbocycles. The predicted molar refractivity (Wildman–Crippen MR) is 79.6 cm³/mol. The highest BCUT2D eigenvalue weighted by Gasteiger charge is 2.11. The lowest BCUT2D eigenvalue weighted by atomic mass is 10.0. The SMILES string of the molecule is COC(=O)c1cc(CNN(C)C)ccc1/C=N/N(C)C. The molecule has 110 valence electrons. The summed E-state index contributed by atoms with van der Waals surface area (Å²) in [5.74, 6) is -0.364. The Bertz CT molecular complexity index is 484. The van der Waals surface area contributed by atoms with Gasteiger partial charge in [0.05, 0.1) is 18.9 Å². The van der Waals surface area contributed by atoms with Crippen LogP contribution < -0.4 is 5.43 Å². The molecule has 0 bridgehead atoms. The molecule has 0 aliphatic rings. The van der Waals surface area contributed by atoms with Crippen molar-refractivity contribution < 1.29 is 9.53 Å². The molecule has 0 spiro atoms. The van der Waals surface area contributed by atoms with Crippen LogP contribution in [0.15, 0.2) is 23.3 Å². The van der Waals surface area contributed by atoms with Gasteiger partial charge in [0.15, 0.2) is 0 Å². The Morgan fingerprint density at radius 2 is 2.05 bits per heavy atom. The Morgan fingerprint density at radius 3 is 2.60 bits per heavy atom. The van der Waals surface area contributed by atoms with Gasteiger partial charge in [-0.3, -0.25) is 10.4 Å². The Kier molecular flexibility index (Phi) is 6.14. The zero-order chi connectivity index (χ0) is 15.1. The van der Waals surface area contributed by atoms with Gasteiger partial charge in [-0.15, -0.1) is 0 Å². The third-order valence-corrected chi connectivity index (χ3v) is 2.55. The van der Waals surface area contributed by atoms with Crippen LogP contribution in [-0.2, 0) is 11.3 Å². The van der Waals surface area contributed by atoms with Crippen LogP contribution in [0, 0.1) is 0 Å². The Morgan fingerprint density at radius 1 is 1.35 bits per heavy atom. The summed E-state index contributed by atoms with van der Waals surface area (Å²) in [5.41, 5.74) is 5.40. The van der Waals surface area contributed by atoms with Crippen molar-refractivity contribution in [3.63, 3.8) is 0 Å². The fraction of sp³-hybridized carbons (Fsp3) is 0.429. The lowest BCUT2D eigenvalue weighted by Gasteiger charge is -2.13. The minimum Gasteiger partial charge on any atom is -0.465 e. The molecular formula is C14H22N4O2. The molecule has 20 heavy (non-hydrogen) atoms. The first-order chi connectivity index (χ1) is 9.43. The first-order valence-corrected chi connectivity index (χ1v) is 6.27. The molecular weight excluding hydrogens is 256 g/mol. The van der Waals surface area contributed by atoms with Crippen molar-refractivity contribution >= 4 is 12.2 Å². The van der Waals surface area contributed by atoms with E-state index < -0.39 is 0 Å². The van der Waals surface area contributed by atoms with Gasteiger partial charge >= 0.3 is 5.97 Å². The Balaban J connectivity index is 3.03. The summed E-state index contributed by atoms with van der Waals surface area (Å²) in [5, 5.41) is 7.68. The quantitative estimate of drug-likeness (QED) is 0.477. The van der Waals surface area contributed by atoms with Gasteiger partial charge < -0.3 is 9.75 Å². The van der Waals surface area contributed by atoms with Gasteiger partial charge in [-0.1, -0.05) is 12.1 Å². The third-order valence-electron chi connectivity index (χ3n) is 2.55. The summed E-state index contributed by atoms with van der Waals surface area (Å²) in [4.78, 5) is 11.8. The number of methoxy groups -OCH3 is 1. The highest BCUT2D eigenvalue weighted by Crippen LogP contribution is 2.12. The lowest BCUT2D eigenvalue weighted by molar-refractivity contribution is 0.0600. The second-order valence-corrected chi connectivity index (χ2v) is 4.73. The van der Waals surface area contributed by atoms with Crippen LogP contribution in [0.1, 0.15) is 21.5 Å². The lowest BCUT2D eigenvalue weighted by Crippen LogP contribution is -2.29. The monoisotopic (exact) mass is 278 g/mol. The summed E-state index contributed by atoms with van der Waals surface area (Å²) in [6.45, 7) is 0.641. The largest absolute Gasteiger partial charge is 0.465 e. The van der Waals surface area contributed by atoms with Crippen LogP contribution in [0.25, 0.3) is 0 Å². The molecule has 0 fully saturated rings. The first-order valence-electron chi connectivity index (χ1n) is 6.27. The van der Waals surface area contributed by atoms with Crippen molar-refractivity contribution in [1.82, 2.24) is 15.4 Å². The number of rotatable bonds is 6. The molecule has 0 aliphatic heterocycles. The molecule has 0 radical (unpaired) electrons. The number of hydrazone groups is 1. The second kappa shape index (κ2) is 7.62. The molecule has 0 saturated heterocycles. The van der Waals surface area contributed by atoms with Gasteiger partial charge in [0, 0.05) is 40.3 Å². The van der Waals surface area contributed by atoms with Gasteiger partial charge in [0.1, 0.15) is 0 Å². The average Bonchev–Trinajstić information content (AvgIpc) is 2.42. The molecule has 0 amide bonds. The molecule has 0 aromatic heterocycles. The van der Waals surface area contributed by atoms with Crippen molar-refractivity contribution in [3.8, 4) is 0 Å². The van der Waals surface area contributed by atoms with E-state index in [0.29, 0.717) is 12.1 Å². The van der Waals surface area contributed by atoms with E-state index in [0.717, 1.165) is 11.1 Å². The number of nitrogens with zero attached hydrogens (tertiary/aromatic N) is 3. The van der Waals surface area contributed by atoms with Crippen LogP contribution in [0.4, 0.5) is 0 Å². The highest BCUT2D eigenvalue weighted by molar-refractivity contribution is 5.99. The minimum absolute atomic E-state index is 0.364. The topological polar surface area (TPSA) is 57.2 Å². The van der Waals surface area contributed by atoms with Crippen molar-refractivity contribution in [1.29, 1.82) is 0 Å². The molecule has 1 N–H and O–H groups in total. The fourth-order valence-corrected chi connectivity index (χ4v) is 1.54. The van der Waals surface area contributed by atoms with Crippen LogP contribution in [-0.4, -0.2) is 57.5 Å². The maximum Gasteiger partial charge on any atom is 0.338 e. The van der Waals surface area contributed by atoms with Gasteiger partial charge in [-0.25, -0.2) is 4.79 Å². The third kappa shape index (κ3) is 4.99. The minimum atomic E-state index is -0.364. The molecule has 0 unspecified atom stereocenters. The number of benzene rings is 1. The van der Waals surface area contributed by atoms with E-state index in [9.17, 15) is 4.79 Å². The number of hydrogen-bond donors (Lipinski definition) is 1. The molecule has 6 heteroatoms. The standard InChI is InChI=1S/C14H22N4O2/c1-17(2)15-9-11-6-7-12(10-16-18(3)4)13(8-11)14(19)20-5/h6-8,10,15H,9H2,1-5H3/b16-10+. The van der Waals surface area contributed by atoms with Crippen LogP contribution in [0.3, 0.4) is 0 Å². The van der Waals surface area contributed by atoms with E-state index in [2.05, 4.69) is 10.5 Å². The molecule has 0 atom stereocenters. The first kappa shape index (κ1) is 16.1. The molecule has 1 rings (SSSR count). The number of carbonyl (C=O) groups is 1. The highest BCUT2D eigenvalue weighted by atomic mass is 16.5. The molecule has 0 aliphatic carbocycles. The van der Waals surface area contributed by atoms with Gasteiger partial charge in [0.2, 0.25) is 0 Å². The number of hydrazine groups is 1. The number of hydrogen-bond acceptors (Lipinski definition) is 6. The van der Waals surface area contributed by atoms with Crippen LogP contribution in [0.5, 0.6) is 0 Å². The normalized spacial score (nSPS) is 11.1. The van der Waals surface area contributed by atoms with E-state index in [-0.39, 0.29) is 5.97 Å². The number of esters is 1. The van der Waals surface area contributed by atoms with Crippen molar-refractivity contribution in [3.05, 3.63) is 34.9 Å². The van der Waals surface area contributed by atoms with Gasteiger partial charge in [0.25, 0.3) is 0 Å². The van der Waals surface area contributed by atoms with Crippen LogP contribution >= 0.6 is 0 Å². The van der Waals surface area contributed by atoms with Crippen molar-refractivity contribution in [2.75, 3.05) is 35.3 Å². The predicted octanol–water partition coefficient (Wildman–Crippen LogP) is 0.935. The van der Waals surface area contributed by atoms with Crippen LogP contribution in [0.2, 0.25) is 0 Å². The Labute approximate surface area is 120 Å². The number of nitrogens with one attached hydrogen (secondary N) is 1. The van der Waals surface area contributed by atoms with E-state index in [1.165, 1.54) is 7.11 Å². The summed E-state index contributed by atoms with van der Waals surface area (Å²) in [6, 6.07) is 5.64. The molecule has 0 heterocycles. The van der Waals surface area contributed by atoms with Gasteiger partial charge in [-0.2, -0.15) is 5.10 Å². The summed E-state index contributed by atoms with van der Waals surface area (Å²) >= 11 is 0. The summed E-state index contributed by atoms with van der Waals surface area (Å²) in [6.07, 6.45) is 1.65. The average molecular weight is 278 g/mol. The fourth-order valence-electron chi connectivity index (χ4n) is 1.54. The second-order valence-electron chi connectivity index (χ2n) is 4.73. The molecule has 1 aromatic rings. The smallest absolute Gasteiger partial charge is 0.338 e. The number of ether oxygens (including phenoxy) is 1. The summed E-state index contributed by atoms with van der Waals surface area (Å²) < 4.78 is 4.82. The van der Waals surface area contributed by atoms with Crippen molar-refractivity contribution in [2.24, 2.45) is 5.10 Å². The van der Waals surface area contributed by atoms with E-state index in [4.69, 9.17) is 4.74 Å².